The van der Waals surface area contributed by atoms with Gasteiger partial charge in [0, 0.05) is 180 Å². The summed E-state index contributed by atoms with van der Waals surface area (Å²) in [6.07, 6.45) is -0.798. The molecule has 5 amide bonds. The van der Waals surface area contributed by atoms with Crippen LogP contribution in [0.3, 0.4) is 0 Å². The molecule has 1 atom stereocenters. The highest BCUT2D eigenvalue weighted by Gasteiger charge is 2.37. The van der Waals surface area contributed by atoms with E-state index >= 15 is 0 Å². The molecular formula is C90H131N17O17. The zero-order valence-electron chi connectivity index (χ0n) is 75.7. The molecule has 4 aromatic carbocycles. The molecule has 9 rings (SSSR count). The summed E-state index contributed by atoms with van der Waals surface area (Å²) in [6, 6.07) is 18.7. The lowest BCUT2D eigenvalue weighted by Gasteiger charge is -2.37. The maximum atomic E-state index is 15.0. The maximum Gasteiger partial charge on any atom is 0.323 e. The first-order valence-electron chi connectivity index (χ1n) is 43.2. The van der Waals surface area contributed by atoms with Gasteiger partial charge in [0.2, 0.25) is 29.4 Å². The molecule has 3 aliphatic heterocycles. The van der Waals surface area contributed by atoms with Gasteiger partial charge in [0.1, 0.15) is 51.4 Å². The normalized spacial score (nSPS) is 16.0. The van der Waals surface area contributed by atoms with Crippen LogP contribution in [-0.4, -0.2) is 314 Å². The van der Waals surface area contributed by atoms with Gasteiger partial charge in [0.25, 0.3) is 11.8 Å². The van der Waals surface area contributed by atoms with Crippen LogP contribution in [0.5, 0.6) is 23.0 Å². The zero-order chi connectivity index (χ0) is 90.9. The highest BCUT2D eigenvalue weighted by molar-refractivity contribution is 5.93. The quantitative estimate of drug-likeness (QED) is 0.0167. The Morgan fingerprint density at radius 1 is 0.419 bits per heavy atom. The number of amides is 5. The standard InChI is InChI=1S/C90H131N17O17/c1-19-91-84(118)82-96-94-80(67-49-65(58(3)4)70(108)51-72(67)110)106(82)63-25-21-60(22-26-63)53-98-37-43-104(44-38-98)75(113)47-62(48-76(114)105-45-39-99(40-46-105)54-61-23-27-64(28-24-61)107-81(95-97-83(107)85(119)92-20-2)68-50-66(59(5)6)71(109)52-73(68)111)93-74(112)30-29-69(86(120)124-90(16,17)18)103-41-35-101(56-78(116)122-88(10,11)12)33-31-100(55-77(115)121-87(7,8)9)32-34-102(36-42-103)57-79(117)123-89(13,14)15/h21-28,49-52,58-59,62,69,108-111H,19-20,29-48,53-57H2,1-18H3,(H,91,118)(H,92,119)(H,93,112)/t69-/m1/s1. The number of benzene rings is 4. The molecule has 3 aliphatic rings. The van der Waals surface area contributed by atoms with Crippen LogP contribution < -0.4 is 16.0 Å². The number of nitrogens with one attached hydrogen (secondary N) is 3. The second-order valence-corrected chi connectivity index (χ2v) is 36.8. The van der Waals surface area contributed by atoms with Gasteiger partial charge in [-0.25, -0.2) is 0 Å². The van der Waals surface area contributed by atoms with Gasteiger partial charge in [-0.05, 0) is 174 Å². The van der Waals surface area contributed by atoms with E-state index < -0.39 is 76.1 Å². The number of ether oxygens (including phenoxy) is 4. The summed E-state index contributed by atoms with van der Waals surface area (Å²) in [4.78, 5) is 143. The van der Waals surface area contributed by atoms with Gasteiger partial charge in [-0.3, -0.25) is 81.7 Å². The van der Waals surface area contributed by atoms with Crippen LogP contribution in [0.1, 0.15) is 206 Å². The van der Waals surface area contributed by atoms with Gasteiger partial charge in [0.05, 0.1) is 30.8 Å². The molecule has 678 valence electrons. The highest BCUT2D eigenvalue weighted by Crippen LogP contribution is 2.41. The number of piperazine rings is 2. The average molecular weight is 1720 g/mol. The Hall–Kier alpha value is -10.6. The summed E-state index contributed by atoms with van der Waals surface area (Å²) in [6.45, 7) is 39.0. The molecule has 7 N–H and O–H groups in total. The molecule has 5 heterocycles. The van der Waals surface area contributed by atoms with Crippen molar-refractivity contribution in [2.24, 2.45) is 0 Å². The van der Waals surface area contributed by atoms with Gasteiger partial charge < -0.3 is 65.1 Å². The van der Waals surface area contributed by atoms with Crippen LogP contribution in [0.15, 0.2) is 72.8 Å². The van der Waals surface area contributed by atoms with E-state index in [-0.39, 0.29) is 166 Å². The number of hydrogen-bond acceptors (Lipinski definition) is 27. The lowest BCUT2D eigenvalue weighted by molar-refractivity contribution is -0.163. The van der Waals surface area contributed by atoms with E-state index in [0.29, 0.717) is 114 Å². The van der Waals surface area contributed by atoms with Crippen molar-refractivity contribution in [3.63, 3.8) is 0 Å². The minimum absolute atomic E-state index is 0.00450. The van der Waals surface area contributed by atoms with Gasteiger partial charge in [-0.15, -0.1) is 20.4 Å². The van der Waals surface area contributed by atoms with Crippen molar-refractivity contribution in [1.82, 2.24) is 84.7 Å². The summed E-state index contributed by atoms with van der Waals surface area (Å²) in [5.41, 5.74) is 1.29. The van der Waals surface area contributed by atoms with Crippen molar-refractivity contribution in [3.8, 4) is 57.1 Å². The first-order chi connectivity index (χ1) is 58.3. The Labute approximate surface area is 728 Å². The Morgan fingerprint density at radius 3 is 1.07 bits per heavy atom. The second kappa shape index (κ2) is 42.8. The largest absolute Gasteiger partial charge is 0.508 e. The van der Waals surface area contributed by atoms with Crippen molar-refractivity contribution in [2.75, 3.05) is 137 Å². The lowest BCUT2D eigenvalue weighted by Crippen LogP contribution is -2.53. The molecule has 0 unspecified atom stereocenters. The fraction of sp³-hybridized carbons (Fsp3) is 0.589. The number of carbonyl (C=O) groups excluding carboxylic acids is 9. The molecule has 0 bridgehead atoms. The second-order valence-electron chi connectivity index (χ2n) is 36.8. The fourth-order valence-electron chi connectivity index (χ4n) is 15.2. The summed E-state index contributed by atoms with van der Waals surface area (Å²) < 4.78 is 26.7. The van der Waals surface area contributed by atoms with Crippen LogP contribution in [-0.2, 0) is 65.6 Å². The molecule has 0 aliphatic carbocycles. The summed E-state index contributed by atoms with van der Waals surface area (Å²) in [5.74, 6) is -4.53. The number of phenolic OH excluding ortho intramolecular Hbond substituents is 4. The SMILES string of the molecule is CCNC(=O)c1nnc(-c2cc(C(C)C)c(O)cc2O)n1-c1ccc(CN2CCN(C(=O)CC(CC(=O)N3CCN(Cc4ccc(-n5c(C(=O)NCC)nnc5-c5cc(C(C)C)c(O)cc5O)cc4)CC3)NC(=O)CC[C@H](C(=O)OC(C)(C)C)N3CCN(CC(=O)OC(C)(C)C)CCN(CC(=O)OC(C)(C)C)CCN(CC(=O)OC(C)(C)C)CC3)CC2)cc1. The molecule has 34 nitrogen and oxygen atoms in total. The smallest absolute Gasteiger partial charge is 0.323 e. The van der Waals surface area contributed by atoms with Gasteiger partial charge in [0.15, 0.2) is 11.6 Å². The number of phenols is 4. The number of rotatable bonds is 30. The number of hydrogen-bond donors (Lipinski definition) is 7. The van der Waals surface area contributed by atoms with E-state index in [2.05, 4.69) is 46.1 Å². The lowest BCUT2D eigenvalue weighted by atomic mass is 9.98. The Kier molecular flexibility index (Phi) is 33.6. The van der Waals surface area contributed by atoms with E-state index in [1.54, 1.807) is 128 Å². The average Bonchev–Trinajstić information content (AvgIpc) is 1.61. The van der Waals surface area contributed by atoms with E-state index in [1.807, 2.05) is 95.8 Å². The summed E-state index contributed by atoms with van der Waals surface area (Å²) in [5, 5.41) is 69.6. The number of aromatic nitrogens is 6. The van der Waals surface area contributed by atoms with E-state index in [9.17, 15) is 63.6 Å². The number of nitrogens with zero attached hydrogens (tertiary/aromatic N) is 14. The molecule has 0 saturated carbocycles. The predicted octanol–water partition coefficient (Wildman–Crippen LogP) is 7.74. The first-order valence-corrected chi connectivity index (χ1v) is 43.2. The van der Waals surface area contributed by atoms with Gasteiger partial charge in [-0.1, -0.05) is 52.0 Å². The third-order valence-corrected chi connectivity index (χ3v) is 21.2. The molecule has 6 aromatic rings. The zero-order valence-corrected chi connectivity index (χ0v) is 75.7. The molecular weight excluding hydrogens is 1590 g/mol. The number of aromatic hydroxyl groups is 4. The number of esters is 4. The van der Waals surface area contributed by atoms with Gasteiger partial charge in [-0.2, -0.15) is 0 Å². The third kappa shape index (κ3) is 28.4. The van der Waals surface area contributed by atoms with E-state index in [0.717, 1.165) is 11.1 Å². The topological polar surface area (TPSA) is 395 Å². The molecule has 3 fully saturated rings. The fourth-order valence-corrected chi connectivity index (χ4v) is 15.2. The predicted molar refractivity (Wildman–Crippen MR) is 467 cm³/mol. The molecule has 3 saturated heterocycles. The summed E-state index contributed by atoms with van der Waals surface area (Å²) >= 11 is 0. The minimum atomic E-state index is -1.08. The molecule has 0 radical (unpaired) electrons. The van der Waals surface area contributed by atoms with Crippen LogP contribution in [0.25, 0.3) is 34.2 Å². The first kappa shape index (κ1) is 97.2. The van der Waals surface area contributed by atoms with E-state index in [4.69, 9.17) is 18.9 Å². The van der Waals surface area contributed by atoms with Crippen molar-refractivity contribution < 1.29 is 82.5 Å². The van der Waals surface area contributed by atoms with Crippen molar-refractivity contribution in [3.05, 3.63) is 107 Å². The highest BCUT2D eigenvalue weighted by atomic mass is 16.6. The van der Waals surface area contributed by atoms with E-state index in [1.165, 1.54) is 12.1 Å². The molecule has 0 spiro atoms. The van der Waals surface area contributed by atoms with Crippen LogP contribution in [0.2, 0.25) is 0 Å². The molecule has 34 heteroatoms. The monoisotopic (exact) mass is 1720 g/mol. The van der Waals surface area contributed by atoms with Gasteiger partial charge >= 0.3 is 23.9 Å². The Morgan fingerprint density at radius 2 is 0.750 bits per heavy atom. The van der Waals surface area contributed by atoms with Crippen LogP contribution in [0, 0.1) is 0 Å². The third-order valence-electron chi connectivity index (χ3n) is 21.2. The molecule has 2 aromatic heterocycles. The van der Waals surface area contributed by atoms with Crippen molar-refractivity contribution in [2.45, 2.75) is 210 Å². The minimum Gasteiger partial charge on any atom is -0.508 e. The van der Waals surface area contributed by atoms with Crippen LogP contribution >= 0.6 is 0 Å². The Bertz CT molecular complexity index is 4430. The van der Waals surface area contributed by atoms with Crippen molar-refractivity contribution >= 4 is 53.4 Å². The maximum absolute atomic E-state index is 15.0. The van der Waals surface area contributed by atoms with Crippen LogP contribution in [0.4, 0.5) is 0 Å². The Balaban J connectivity index is 0.942. The molecule has 124 heavy (non-hydrogen) atoms. The number of carbonyl (C=O) groups is 9. The van der Waals surface area contributed by atoms with Crippen molar-refractivity contribution in [1.29, 1.82) is 0 Å². The summed E-state index contributed by atoms with van der Waals surface area (Å²) in [7, 11) is 0.